The van der Waals surface area contributed by atoms with Gasteiger partial charge in [-0.1, -0.05) is 37.5 Å². The lowest BCUT2D eigenvalue weighted by atomic mass is 9.94. The number of aromatic nitrogens is 1. The Morgan fingerprint density at radius 1 is 1.08 bits per heavy atom. The molecule has 3 amide bonds. The number of hydrogen-bond donors (Lipinski definition) is 3. The van der Waals surface area contributed by atoms with Crippen molar-refractivity contribution in [1.82, 2.24) is 9.69 Å². The standard InChI is InChI=1S/C29H35N5O4S/c1-4-38-22-12-10-19(11-13-22)25(28(36)32-20-8-6-5-7-9-20)34(21-15-17(2)14-18(3)16-21)29(37)26-23(30)24(27(31)35)33-39-26/h10-16,20,25H,4-9,30H2,1-3H3,(H2,31,35)(H,32,36)/t25-/m1/s1. The van der Waals surface area contributed by atoms with Crippen molar-refractivity contribution in [1.29, 1.82) is 0 Å². The summed E-state index contributed by atoms with van der Waals surface area (Å²) in [4.78, 5) is 41.7. The largest absolute Gasteiger partial charge is 0.494 e. The third kappa shape index (κ3) is 6.39. The second-order valence-corrected chi connectivity index (χ2v) is 10.7. The lowest BCUT2D eigenvalue weighted by Gasteiger charge is -2.33. The molecule has 1 aromatic heterocycles. The Morgan fingerprint density at radius 2 is 1.72 bits per heavy atom. The number of nitrogens with one attached hydrogen (secondary N) is 1. The summed E-state index contributed by atoms with van der Waals surface area (Å²) in [6.07, 6.45) is 5.03. The van der Waals surface area contributed by atoms with E-state index in [-0.39, 0.29) is 28.2 Å². The number of carbonyl (C=O) groups excluding carboxylic acids is 3. The van der Waals surface area contributed by atoms with Gasteiger partial charge in [-0.3, -0.25) is 19.3 Å². The monoisotopic (exact) mass is 549 g/mol. The zero-order valence-electron chi connectivity index (χ0n) is 22.5. The molecule has 1 aliphatic rings. The minimum atomic E-state index is -1.02. The van der Waals surface area contributed by atoms with E-state index in [2.05, 4.69) is 9.69 Å². The van der Waals surface area contributed by atoms with Crippen molar-refractivity contribution >= 4 is 40.6 Å². The molecule has 1 aliphatic carbocycles. The summed E-state index contributed by atoms with van der Waals surface area (Å²) in [5, 5.41) is 3.20. The fraction of sp³-hybridized carbons (Fsp3) is 0.379. The van der Waals surface area contributed by atoms with Crippen LogP contribution in [0.5, 0.6) is 5.75 Å². The molecule has 1 saturated carbocycles. The van der Waals surface area contributed by atoms with E-state index in [1.54, 1.807) is 24.3 Å². The Labute approximate surface area is 232 Å². The molecule has 0 unspecified atom stereocenters. The normalized spacial score (nSPS) is 14.4. The highest BCUT2D eigenvalue weighted by Crippen LogP contribution is 2.35. The molecule has 1 fully saturated rings. The Kier molecular flexibility index (Phi) is 8.86. The van der Waals surface area contributed by atoms with E-state index in [1.807, 2.05) is 39.0 Å². The third-order valence-corrected chi connectivity index (χ3v) is 7.67. The second kappa shape index (κ2) is 12.3. The average Bonchev–Trinajstić information content (AvgIpc) is 3.29. The molecule has 206 valence electrons. The minimum Gasteiger partial charge on any atom is -0.494 e. The number of ether oxygens (including phenoxy) is 1. The summed E-state index contributed by atoms with van der Waals surface area (Å²) in [5.41, 5.74) is 14.3. The molecule has 0 aliphatic heterocycles. The molecular formula is C29H35N5O4S. The van der Waals surface area contributed by atoms with Crippen LogP contribution in [0.15, 0.2) is 42.5 Å². The summed E-state index contributed by atoms with van der Waals surface area (Å²) in [6, 6.07) is 11.9. The van der Waals surface area contributed by atoms with Gasteiger partial charge in [0, 0.05) is 11.7 Å². The van der Waals surface area contributed by atoms with Gasteiger partial charge in [0.05, 0.1) is 12.3 Å². The zero-order chi connectivity index (χ0) is 28.1. The maximum Gasteiger partial charge on any atom is 0.273 e. The fourth-order valence-corrected chi connectivity index (χ4v) is 5.81. The summed E-state index contributed by atoms with van der Waals surface area (Å²) >= 11 is 0.794. The molecule has 1 heterocycles. The van der Waals surface area contributed by atoms with Crippen LogP contribution in [0.4, 0.5) is 11.4 Å². The number of hydrogen-bond acceptors (Lipinski definition) is 7. The highest BCUT2D eigenvalue weighted by atomic mass is 32.1. The van der Waals surface area contributed by atoms with E-state index in [4.69, 9.17) is 16.2 Å². The topological polar surface area (TPSA) is 141 Å². The quantitative estimate of drug-likeness (QED) is 0.354. The molecule has 39 heavy (non-hydrogen) atoms. The van der Waals surface area contributed by atoms with Crippen LogP contribution in [0.2, 0.25) is 0 Å². The highest BCUT2D eigenvalue weighted by Gasteiger charge is 2.37. The molecule has 5 N–H and O–H groups in total. The van der Waals surface area contributed by atoms with Gasteiger partial charge in [-0.2, -0.15) is 4.37 Å². The number of nitrogens with two attached hydrogens (primary N) is 2. The Morgan fingerprint density at radius 3 is 2.28 bits per heavy atom. The first-order valence-electron chi connectivity index (χ1n) is 13.2. The molecule has 0 saturated heterocycles. The van der Waals surface area contributed by atoms with Gasteiger partial charge in [-0.05, 0) is 86.1 Å². The van der Waals surface area contributed by atoms with E-state index >= 15 is 0 Å². The van der Waals surface area contributed by atoms with Crippen LogP contribution >= 0.6 is 11.5 Å². The smallest absolute Gasteiger partial charge is 0.273 e. The molecule has 2 aromatic carbocycles. The number of benzene rings is 2. The third-order valence-electron chi connectivity index (χ3n) is 6.82. The zero-order valence-corrected chi connectivity index (χ0v) is 23.3. The first kappa shape index (κ1) is 28.1. The van der Waals surface area contributed by atoms with Crippen LogP contribution in [-0.2, 0) is 4.79 Å². The van der Waals surface area contributed by atoms with Crippen LogP contribution in [0.3, 0.4) is 0 Å². The van der Waals surface area contributed by atoms with Crippen LogP contribution in [0.25, 0.3) is 0 Å². The van der Waals surface area contributed by atoms with Gasteiger partial charge in [0.2, 0.25) is 5.91 Å². The second-order valence-electron chi connectivity index (χ2n) is 9.91. The molecule has 9 nitrogen and oxygen atoms in total. The molecule has 0 radical (unpaired) electrons. The molecule has 4 rings (SSSR count). The number of carbonyl (C=O) groups is 3. The minimum absolute atomic E-state index is 0.0302. The van der Waals surface area contributed by atoms with E-state index in [1.165, 1.54) is 4.90 Å². The van der Waals surface area contributed by atoms with Crippen molar-refractivity contribution in [2.75, 3.05) is 17.2 Å². The molecule has 0 bridgehead atoms. The summed E-state index contributed by atoms with van der Waals surface area (Å²) < 4.78 is 9.64. The number of amides is 3. The van der Waals surface area contributed by atoms with Gasteiger partial charge in [-0.25, -0.2) is 0 Å². The van der Waals surface area contributed by atoms with Crippen molar-refractivity contribution in [3.8, 4) is 5.75 Å². The van der Waals surface area contributed by atoms with Crippen molar-refractivity contribution < 1.29 is 19.1 Å². The lowest BCUT2D eigenvalue weighted by Crippen LogP contribution is -2.47. The van der Waals surface area contributed by atoms with E-state index in [0.29, 0.717) is 23.6 Å². The SMILES string of the molecule is CCOc1ccc([C@H](C(=O)NC2CCCCC2)N(C(=O)c2snc(C(N)=O)c2N)c2cc(C)cc(C)c2)cc1. The van der Waals surface area contributed by atoms with Crippen molar-refractivity contribution in [3.05, 3.63) is 69.7 Å². The van der Waals surface area contributed by atoms with Gasteiger partial charge >= 0.3 is 0 Å². The van der Waals surface area contributed by atoms with Gasteiger partial charge < -0.3 is 21.5 Å². The van der Waals surface area contributed by atoms with Gasteiger partial charge in [0.25, 0.3) is 11.8 Å². The fourth-order valence-electron chi connectivity index (χ4n) is 5.07. The maximum absolute atomic E-state index is 14.3. The van der Waals surface area contributed by atoms with Gasteiger partial charge in [0.1, 0.15) is 16.7 Å². The van der Waals surface area contributed by atoms with Crippen molar-refractivity contribution in [2.45, 2.75) is 65.0 Å². The van der Waals surface area contributed by atoms with Crippen LogP contribution in [-0.4, -0.2) is 34.7 Å². The molecular weight excluding hydrogens is 514 g/mol. The molecule has 0 spiro atoms. The summed E-state index contributed by atoms with van der Waals surface area (Å²) in [7, 11) is 0. The molecule has 10 heteroatoms. The Hall–Kier alpha value is -3.92. The number of anilines is 2. The maximum atomic E-state index is 14.3. The first-order valence-corrected chi connectivity index (χ1v) is 14.0. The predicted molar refractivity (Wildman–Crippen MR) is 153 cm³/mol. The van der Waals surface area contributed by atoms with E-state index in [9.17, 15) is 14.4 Å². The van der Waals surface area contributed by atoms with Crippen molar-refractivity contribution in [2.24, 2.45) is 5.73 Å². The Bertz CT molecular complexity index is 1330. The van der Waals surface area contributed by atoms with Crippen molar-refractivity contribution in [3.63, 3.8) is 0 Å². The average molecular weight is 550 g/mol. The molecule has 1 atom stereocenters. The van der Waals surface area contributed by atoms with Crippen LogP contribution < -0.4 is 26.4 Å². The lowest BCUT2D eigenvalue weighted by molar-refractivity contribution is -0.123. The van der Waals surface area contributed by atoms with Gasteiger partial charge in [0.15, 0.2) is 5.69 Å². The van der Waals surface area contributed by atoms with Crippen LogP contribution in [0, 0.1) is 13.8 Å². The number of nitrogens with zero attached hydrogens (tertiary/aromatic N) is 2. The van der Waals surface area contributed by atoms with E-state index < -0.39 is 17.9 Å². The van der Waals surface area contributed by atoms with Gasteiger partial charge in [-0.15, -0.1) is 0 Å². The Balaban J connectivity index is 1.86. The molecule has 3 aromatic rings. The summed E-state index contributed by atoms with van der Waals surface area (Å²) in [6.45, 7) is 6.26. The van der Waals surface area contributed by atoms with Crippen LogP contribution in [0.1, 0.15) is 81.9 Å². The number of rotatable bonds is 9. The summed E-state index contributed by atoms with van der Waals surface area (Å²) in [5.74, 6) is -0.995. The first-order chi connectivity index (χ1) is 18.7. The number of nitrogen functional groups attached to an aromatic ring is 1. The number of aryl methyl sites for hydroxylation is 2. The predicted octanol–water partition coefficient (Wildman–Crippen LogP) is 4.68. The highest BCUT2D eigenvalue weighted by molar-refractivity contribution is 7.09. The number of primary amides is 1. The van der Waals surface area contributed by atoms with E-state index in [0.717, 1.165) is 54.8 Å².